The third-order valence-corrected chi connectivity index (χ3v) is 3.12. The maximum Gasteiger partial charge on any atom is 0.119 e. The number of hydrogen-bond acceptors (Lipinski definition) is 4. The van der Waals surface area contributed by atoms with Gasteiger partial charge in [-0.1, -0.05) is 12.1 Å². The zero-order chi connectivity index (χ0) is 11.5. The number of benzene rings is 1. The number of nitrogens with two attached hydrogens (primary N) is 1. The molecule has 3 nitrogen and oxygen atoms in total. The molecule has 0 aliphatic carbocycles. The molecule has 2 rings (SSSR count). The molecule has 0 radical (unpaired) electrons. The Bertz CT molecular complexity index is 554. The number of methoxy groups -OCH3 is 1. The van der Waals surface area contributed by atoms with Crippen molar-refractivity contribution in [1.82, 2.24) is 0 Å². The van der Waals surface area contributed by atoms with Gasteiger partial charge >= 0.3 is 0 Å². The number of anilines is 1. The molecule has 0 amide bonds. The molecule has 80 valence electrons. The molecular weight excluding hydrogens is 220 g/mol. The van der Waals surface area contributed by atoms with Crippen LogP contribution in [0.3, 0.4) is 0 Å². The van der Waals surface area contributed by atoms with E-state index in [1.165, 1.54) is 11.3 Å². The van der Waals surface area contributed by atoms with Crippen LogP contribution in [0.4, 0.5) is 5.00 Å². The summed E-state index contributed by atoms with van der Waals surface area (Å²) in [5.41, 5.74) is 8.08. The highest BCUT2D eigenvalue weighted by molar-refractivity contribution is 7.14. The summed E-state index contributed by atoms with van der Waals surface area (Å²) < 4.78 is 5.15. The van der Waals surface area contributed by atoms with Gasteiger partial charge in [0.15, 0.2) is 0 Å². The summed E-state index contributed by atoms with van der Waals surface area (Å²) in [6, 6.07) is 9.71. The van der Waals surface area contributed by atoms with Crippen molar-refractivity contribution < 1.29 is 4.74 Å². The van der Waals surface area contributed by atoms with Crippen molar-refractivity contribution >= 4 is 16.3 Å². The Morgan fingerprint density at radius 3 is 2.94 bits per heavy atom. The molecule has 0 bridgehead atoms. The fourth-order valence-electron chi connectivity index (χ4n) is 1.49. The molecule has 2 N–H and O–H groups in total. The second-order valence-electron chi connectivity index (χ2n) is 3.23. The zero-order valence-corrected chi connectivity index (χ0v) is 9.54. The first-order chi connectivity index (χ1) is 7.76. The van der Waals surface area contributed by atoms with Crippen molar-refractivity contribution in [3.8, 4) is 22.9 Å². The van der Waals surface area contributed by atoms with E-state index >= 15 is 0 Å². The molecule has 0 fully saturated rings. The minimum Gasteiger partial charge on any atom is -0.497 e. The number of nitrogen functional groups attached to an aromatic ring is 1. The predicted octanol–water partition coefficient (Wildman–Crippen LogP) is 2.88. The Morgan fingerprint density at radius 1 is 1.44 bits per heavy atom. The van der Waals surface area contributed by atoms with E-state index in [2.05, 4.69) is 6.07 Å². The molecule has 1 aromatic carbocycles. The highest BCUT2D eigenvalue weighted by Gasteiger charge is 2.10. The van der Waals surface area contributed by atoms with Crippen molar-refractivity contribution in [2.75, 3.05) is 12.8 Å². The van der Waals surface area contributed by atoms with Crippen LogP contribution in [0.25, 0.3) is 11.1 Å². The van der Waals surface area contributed by atoms with Crippen molar-refractivity contribution in [3.05, 3.63) is 35.2 Å². The quantitative estimate of drug-likeness (QED) is 0.863. The van der Waals surface area contributed by atoms with Crippen molar-refractivity contribution in [1.29, 1.82) is 5.26 Å². The van der Waals surface area contributed by atoms with Gasteiger partial charge in [-0.15, -0.1) is 11.3 Å². The largest absolute Gasteiger partial charge is 0.497 e. The molecule has 0 aliphatic rings. The van der Waals surface area contributed by atoms with Crippen LogP contribution in [0.1, 0.15) is 5.56 Å². The average Bonchev–Trinajstić information content (AvgIpc) is 2.70. The van der Waals surface area contributed by atoms with E-state index < -0.39 is 0 Å². The monoisotopic (exact) mass is 230 g/mol. The summed E-state index contributed by atoms with van der Waals surface area (Å²) in [5, 5.41) is 11.5. The Labute approximate surface area is 97.7 Å². The molecule has 0 saturated heterocycles. The fraction of sp³-hybridized carbons (Fsp3) is 0.0833. The standard InChI is InChI=1S/C12H10N2OS/c1-15-9-4-2-3-8(5-9)11-7-16-12(14)10(11)6-13/h2-5,7H,14H2,1H3. The van der Waals surface area contributed by atoms with Gasteiger partial charge in [0.2, 0.25) is 0 Å². The summed E-state index contributed by atoms with van der Waals surface area (Å²) in [7, 11) is 1.62. The lowest BCUT2D eigenvalue weighted by Crippen LogP contribution is -1.87. The smallest absolute Gasteiger partial charge is 0.119 e. The SMILES string of the molecule is COc1cccc(-c2csc(N)c2C#N)c1. The van der Waals surface area contributed by atoms with Crippen LogP contribution in [0.5, 0.6) is 5.75 Å². The maximum atomic E-state index is 9.02. The van der Waals surface area contributed by atoms with Crippen LogP contribution in [-0.2, 0) is 0 Å². The zero-order valence-electron chi connectivity index (χ0n) is 8.73. The predicted molar refractivity (Wildman–Crippen MR) is 65.4 cm³/mol. The summed E-state index contributed by atoms with van der Waals surface area (Å²) in [4.78, 5) is 0. The number of ether oxygens (including phenoxy) is 1. The Balaban J connectivity index is 2.55. The van der Waals surface area contributed by atoms with Crippen LogP contribution in [0.15, 0.2) is 29.6 Å². The van der Waals surface area contributed by atoms with Gasteiger partial charge < -0.3 is 10.5 Å². The Hall–Kier alpha value is -1.99. The molecule has 0 unspecified atom stereocenters. The molecule has 4 heteroatoms. The first-order valence-electron chi connectivity index (χ1n) is 4.67. The molecule has 0 spiro atoms. The van der Waals surface area contributed by atoms with Crippen LogP contribution < -0.4 is 10.5 Å². The van der Waals surface area contributed by atoms with Crippen molar-refractivity contribution in [2.45, 2.75) is 0 Å². The summed E-state index contributed by atoms with van der Waals surface area (Å²) in [6.45, 7) is 0. The van der Waals surface area contributed by atoms with E-state index in [0.29, 0.717) is 10.6 Å². The number of nitrogens with zero attached hydrogens (tertiary/aromatic N) is 1. The molecule has 2 aromatic rings. The number of hydrogen-bond donors (Lipinski definition) is 1. The van der Waals surface area contributed by atoms with E-state index in [1.54, 1.807) is 7.11 Å². The second-order valence-corrected chi connectivity index (χ2v) is 4.14. The van der Waals surface area contributed by atoms with Gasteiger partial charge in [-0.25, -0.2) is 0 Å². The number of rotatable bonds is 2. The third kappa shape index (κ3) is 1.73. The van der Waals surface area contributed by atoms with Gasteiger partial charge in [0.25, 0.3) is 0 Å². The molecule has 0 atom stereocenters. The highest BCUT2D eigenvalue weighted by atomic mass is 32.1. The van der Waals surface area contributed by atoms with Crippen LogP contribution in [0, 0.1) is 11.3 Å². The van der Waals surface area contributed by atoms with Gasteiger partial charge in [0.1, 0.15) is 16.8 Å². The van der Waals surface area contributed by atoms with Gasteiger partial charge in [0.05, 0.1) is 12.7 Å². The van der Waals surface area contributed by atoms with Gasteiger partial charge in [0, 0.05) is 10.9 Å². The molecule has 1 heterocycles. The summed E-state index contributed by atoms with van der Waals surface area (Å²) in [6.07, 6.45) is 0. The van der Waals surface area contributed by atoms with E-state index in [-0.39, 0.29) is 0 Å². The van der Waals surface area contributed by atoms with E-state index in [4.69, 9.17) is 15.7 Å². The maximum absolute atomic E-state index is 9.02. The lowest BCUT2D eigenvalue weighted by atomic mass is 10.0. The summed E-state index contributed by atoms with van der Waals surface area (Å²) in [5.74, 6) is 0.770. The minimum absolute atomic E-state index is 0.540. The lowest BCUT2D eigenvalue weighted by molar-refractivity contribution is 0.415. The van der Waals surface area contributed by atoms with Gasteiger partial charge in [-0.2, -0.15) is 5.26 Å². The third-order valence-electron chi connectivity index (χ3n) is 2.31. The first-order valence-corrected chi connectivity index (χ1v) is 5.55. The molecule has 0 aliphatic heterocycles. The second kappa shape index (κ2) is 4.25. The topological polar surface area (TPSA) is 59.0 Å². The normalized spacial score (nSPS) is 9.75. The molecular formula is C12H10N2OS. The van der Waals surface area contributed by atoms with E-state index in [1.807, 2.05) is 29.6 Å². The minimum atomic E-state index is 0.540. The van der Waals surface area contributed by atoms with Crippen LogP contribution in [0.2, 0.25) is 0 Å². The fourth-order valence-corrected chi connectivity index (χ4v) is 2.26. The Morgan fingerprint density at radius 2 is 2.25 bits per heavy atom. The van der Waals surface area contributed by atoms with Crippen molar-refractivity contribution in [2.24, 2.45) is 0 Å². The Kier molecular flexibility index (Phi) is 2.80. The van der Waals surface area contributed by atoms with E-state index in [0.717, 1.165) is 16.9 Å². The summed E-state index contributed by atoms with van der Waals surface area (Å²) >= 11 is 1.38. The van der Waals surface area contributed by atoms with E-state index in [9.17, 15) is 0 Å². The molecule has 1 aromatic heterocycles. The van der Waals surface area contributed by atoms with Crippen LogP contribution >= 0.6 is 11.3 Å². The average molecular weight is 230 g/mol. The van der Waals surface area contributed by atoms with Gasteiger partial charge in [-0.3, -0.25) is 0 Å². The number of nitriles is 1. The lowest BCUT2D eigenvalue weighted by Gasteiger charge is -2.03. The van der Waals surface area contributed by atoms with Gasteiger partial charge in [-0.05, 0) is 17.7 Å². The van der Waals surface area contributed by atoms with Crippen molar-refractivity contribution in [3.63, 3.8) is 0 Å². The highest BCUT2D eigenvalue weighted by Crippen LogP contribution is 2.34. The molecule has 0 saturated carbocycles. The number of thiophene rings is 1. The molecule has 16 heavy (non-hydrogen) atoms. The van der Waals surface area contributed by atoms with Crippen LogP contribution in [-0.4, -0.2) is 7.11 Å². The first kappa shape index (κ1) is 10.5.